The summed E-state index contributed by atoms with van der Waals surface area (Å²) in [5.41, 5.74) is 7.15. The van der Waals surface area contributed by atoms with Crippen LogP contribution in [0.25, 0.3) is 0 Å². The number of imidazole rings is 1. The summed E-state index contributed by atoms with van der Waals surface area (Å²) in [6.45, 7) is 10.3. The number of hydrogen-bond donors (Lipinski definition) is 1. The first-order chi connectivity index (χ1) is 7.78. The minimum absolute atomic E-state index is 0.299. The second kappa shape index (κ2) is 6.66. The fraction of sp³-hybridized carbons (Fsp3) is 0.750. The molecular formula is C12H24N4. The number of nitrogens with two attached hydrogens (primary N) is 1. The number of nitrogens with zero attached hydrogens (tertiary/aromatic N) is 3. The largest absolute Gasteiger partial charge is 0.333 e. The minimum atomic E-state index is 0.299. The highest BCUT2D eigenvalue weighted by molar-refractivity contribution is 5.06. The van der Waals surface area contributed by atoms with Crippen LogP contribution in [-0.4, -0.2) is 34.1 Å². The monoisotopic (exact) mass is 224 g/mol. The van der Waals surface area contributed by atoms with Crippen molar-refractivity contribution in [2.24, 2.45) is 5.73 Å². The van der Waals surface area contributed by atoms with Crippen molar-refractivity contribution in [1.29, 1.82) is 0 Å². The molecule has 0 saturated carbocycles. The van der Waals surface area contributed by atoms with Gasteiger partial charge in [0.15, 0.2) is 0 Å². The van der Waals surface area contributed by atoms with Crippen LogP contribution in [0.3, 0.4) is 0 Å². The first-order valence-electron chi connectivity index (χ1n) is 6.22. The second-order valence-electron chi connectivity index (χ2n) is 3.98. The minimum Gasteiger partial charge on any atom is -0.333 e. The van der Waals surface area contributed by atoms with E-state index in [0.717, 1.165) is 26.1 Å². The predicted octanol–water partition coefficient (Wildman–Crippen LogP) is 1.63. The van der Waals surface area contributed by atoms with Crippen molar-refractivity contribution >= 4 is 0 Å². The van der Waals surface area contributed by atoms with Gasteiger partial charge in [-0.2, -0.15) is 0 Å². The predicted molar refractivity (Wildman–Crippen MR) is 67.2 cm³/mol. The SMILES string of the molecule is CCCN(CC)C(CN)c1cncn1CC. The van der Waals surface area contributed by atoms with Crippen LogP contribution in [-0.2, 0) is 6.54 Å². The lowest BCUT2D eigenvalue weighted by Gasteiger charge is -2.29. The van der Waals surface area contributed by atoms with E-state index in [1.807, 2.05) is 12.5 Å². The third kappa shape index (κ3) is 2.83. The molecule has 1 unspecified atom stereocenters. The molecular weight excluding hydrogens is 200 g/mol. The molecule has 0 radical (unpaired) electrons. The Kier molecular flexibility index (Phi) is 5.49. The molecule has 4 heteroatoms. The maximum atomic E-state index is 5.91. The Labute approximate surface area is 98.5 Å². The highest BCUT2D eigenvalue weighted by Gasteiger charge is 2.19. The molecule has 0 spiro atoms. The van der Waals surface area contributed by atoms with Gasteiger partial charge in [-0.15, -0.1) is 0 Å². The van der Waals surface area contributed by atoms with E-state index in [1.165, 1.54) is 5.69 Å². The van der Waals surface area contributed by atoms with Crippen LogP contribution in [0.1, 0.15) is 38.9 Å². The van der Waals surface area contributed by atoms with E-state index >= 15 is 0 Å². The molecule has 1 heterocycles. The molecule has 4 nitrogen and oxygen atoms in total. The van der Waals surface area contributed by atoms with Crippen molar-refractivity contribution in [3.8, 4) is 0 Å². The van der Waals surface area contributed by atoms with Crippen molar-refractivity contribution in [3.05, 3.63) is 18.2 Å². The van der Waals surface area contributed by atoms with Gasteiger partial charge in [-0.3, -0.25) is 4.90 Å². The van der Waals surface area contributed by atoms with E-state index in [1.54, 1.807) is 0 Å². The van der Waals surface area contributed by atoms with Gasteiger partial charge in [0.1, 0.15) is 0 Å². The fourth-order valence-electron chi connectivity index (χ4n) is 2.15. The Hall–Kier alpha value is -0.870. The number of aromatic nitrogens is 2. The maximum Gasteiger partial charge on any atom is 0.0948 e. The average Bonchev–Trinajstić information content (AvgIpc) is 2.77. The first-order valence-corrected chi connectivity index (χ1v) is 6.22. The van der Waals surface area contributed by atoms with E-state index < -0.39 is 0 Å². The summed E-state index contributed by atoms with van der Waals surface area (Å²) in [6.07, 6.45) is 4.99. The van der Waals surface area contributed by atoms with Crippen LogP contribution >= 0.6 is 0 Å². The third-order valence-electron chi connectivity index (χ3n) is 3.01. The Balaban J connectivity index is 2.87. The lowest BCUT2D eigenvalue weighted by molar-refractivity contribution is 0.205. The average molecular weight is 224 g/mol. The van der Waals surface area contributed by atoms with E-state index in [2.05, 4.69) is 35.2 Å². The van der Waals surface area contributed by atoms with Gasteiger partial charge in [-0.25, -0.2) is 4.98 Å². The number of hydrogen-bond acceptors (Lipinski definition) is 3. The molecule has 0 aromatic carbocycles. The number of likely N-dealkylation sites (N-methyl/N-ethyl adjacent to an activating group) is 1. The lowest BCUT2D eigenvalue weighted by Crippen LogP contribution is -2.35. The van der Waals surface area contributed by atoms with Crippen LogP contribution in [0.2, 0.25) is 0 Å². The molecule has 2 N–H and O–H groups in total. The number of aryl methyl sites for hydroxylation is 1. The standard InChI is InChI=1S/C12H24N4/c1-4-7-15(5-2)11(8-13)12-9-14-10-16(12)6-3/h9-11H,4-8,13H2,1-3H3. The van der Waals surface area contributed by atoms with Crippen LogP contribution in [0.4, 0.5) is 0 Å². The van der Waals surface area contributed by atoms with Crippen molar-refractivity contribution in [2.45, 2.75) is 39.8 Å². The summed E-state index contributed by atoms with van der Waals surface area (Å²) in [6, 6.07) is 0.299. The molecule has 0 aliphatic rings. The van der Waals surface area contributed by atoms with Crippen LogP contribution < -0.4 is 5.73 Å². The Bertz CT molecular complexity index is 295. The molecule has 0 saturated heterocycles. The topological polar surface area (TPSA) is 47.1 Å². The summed E-state index contributed by atoms with van der Waals surface area (Å²) in [5, 5.41) is 0. The number of rotatable bonds is 7. The van der Waals surface area contributed by atoms with Crippen molar-refractivity contribution in [2.75, 3.05) is 19.6 Å². The van der Waals surface area contributed by atoms with Gasteiger partial charge in [0.2, 0.25) is 0 Å². The highest BCUT2D eigenvalue weighted by Crippen LogP contribution is 2.19. The molecule has 1 rings (SSSR count). The van der Waals surface area contributed by atoms with Gasteiger partial charge in [0, 0.05) is 19.3 Å². The molecule has 0 fully saturated rings. The molecule has 0 bridgehead atoms. The van der Waals surface area contributed by atoms with Crippen molar-refractivity contribution in [3.63, 3.8) is 0 Å². The molecule has 92 valence electrons. The second-order valence-corrected chi connectivity index (χ2v) is 3.98. The Morgan fingerprint density at radius 1 is 1.44 bits per heavy atom. The third-order valence-corrected chi connectivity index (χ3v) is 3.01. The highest BCUT2D eigenvalue weighted by atomic mass is 15.2. The summed E-state index contributed by atoms with van der Waals surface area (Å²) < 4.78 is 2.18. The molecule has 1 aromatic rings. The van der Waals surface area contributed by atoms with E-state index in [-0.39, 0.29) is 0 Å². The Morgan fingerprint density at radius 3 is 2.69 bits per heavy atom. The zero-order valence-electron chi connectivity index (χ0n) is 10.7. The Morgan fingerprint density at radius 2 is 2.19 bits per heavy atom. The van der Waals surface area contributed by atoms with E-state index in [0.29, 0.717) is 12.6 Å². The molecule has 1 aromatic heterocycles. The normalized spacial score (nSPS) is 13.3. The van der Waals surface area contributed by atoms with Gasteiger partial charge in [-0.05, 0) is 26.4 Å². The first kappa shape index (κ1) is 13.2. The molecule has 16 heavy (non-hydrogen) atoms. The zero-order valence-corrected chi connectivity index (χ0v) is 10.7. The van der Waals surface area contributed by atoms with Crippen LogP contribution in [0.15, 0.2) is 12.5 Å². The van der Waals surface area contributed by atoms with Crippen molar-refractivity contribution in [1.82, 2.24) is 14.5 Å². The van der Waals surface area contributed by atoms with E-state index in [9.17, 15) is 0 Å². The molecule has 0 amide bonds. The summed E-state index contributed by atoms with van der Waals surface area (Å²) >= 11 is 0. The van der Waals surface area contributed by atoms with Gasteiger partial charge in [0.05, 0.1) is 18.1 Å². The molecule has 0 aliphatic heterocycles. The zero-order chi connectivity index (χ0) is 12.0. The quantitative estimate of drug-likeness (QED) is 0.766. The van der Waals surface area contributed by atoms with Crippen molar-refractivity contribution < 1.29 is 0 Å². The smallest absolute Gasteiger partial charge is 0.0948 e. The summed E-state index contributed by atoms with van der Waals surface area (Å²) in [5.74, 6) is 0. The van der Waals surface area contributed by atoms with E-state index in [4.69, 9.17) is 5.73 Å². The van der Waals surface area contributed by atoms with Gasteiger partial charge in [0.25, 0.3) is 0 Å². The van der Waals surface area contributed by atoms with Crippen LogP contribution in [0.5, 0.6) is 0 Å². The fourth-order valence-corrected chi connectivity index (χ4v) is 2.15. The summed E-state index contributed by atoms with van der Waals surface area (Å²) in [4.78, 5) is 6.64. The van der Waals surface area contributed by atoms with Crippen LogP contribution in [0, 0.1) is 0 Å². The van der Waals surface area contributed by atoms with Gasteiger partial charge in [-0.1, -0.05) is 13.8 Å². The molecule has 1 atom stereocenters. The maximum absolute atomic E-state index is 5.91. The van der Waals surface area contributed by atoms with Gasteiger partial charge >= 0.3 is 0 Å². The van der Waals surface area contributed by atoms with Gasteiger partial charge < -0.3 is 10.3 Å². The lowest BCUT2D eigenvalue weighted by atomic mass is 10.1. The molecule has 0 aliphatic carbocycles. The summed E-state index contributed by atoms with van der Waals surface area (Å²) in [7, 11) is 0.